The Labute approximate surface area is 95.5 Å². The van der Waals surface area contributed by atoms with Gasteiger partial charge in [0.1, 0.15) is 5.78 Å². The average Bonchev–Trinajstić information content (AvgIpc) is 2.67. The van der Waals surface area contributed by atoms with E-state index < -0.39 is 0 Å². The van der Waals surface area contributed by atoms with Crippen LogP contribution in [0.25, 0.3) is 0 Å². The molecule has 0 bridgehead atoms. The highest BCUT2D eigenvalue weighted by atomic mass is 32.1. The topological polar surface area (TPSA) is 43.1 Å². The largest absolute Gasteiger partial charge is 0.327 e. The molecule has 15 heavy (non-hydrogen) atoms. The molecule has 1 aromatic heterocycles. The van der Waals surface area contributed by atoms with Crippen molar-refractivity contribution >= 4 is 17.1 Å². The van der Waals surface area contributed by atoms with E-state index >= 15 is 0 Å². The fourth-order valence-electron chi connectivity index (χ4n) is 1.59. The number of Topliss-reactive ketones (excluding diaryl/α,β-unsaturated/α-hetero) is 1. The summed E-state index contributed by atoms with van der Waals surface area (Å²) in [5.74, 6) is 0.294. The molecular formula is C12H19NOS. The van der Waals surface area contributed by atoms with Crippen molar-refractivity contribution in [3.05, 3.63) is 22.4 Å². The zero-order chi connectivity index (χ0) is 11.1. The second-order valence-electron chi connectivity index (χ2n) is 3.92. The van der Waals surface area contributed by atoms with Crippen LogP contribution in [0.1, 0.15) is 38.2 Å². The zero-order valence-corrected chi connectivity index (χ0v) is 10.1. The van der Waals surface area contributed by atoms with E-state index in [-0.39, 0.29) is 6.04 Å². The summed E-state index contributed by atoms with van der Waals surface area (Å²) >= 11 is 1.68. The van der Waals surface area contributed by atoms with Crippen molar-refractivity contribution in [2.45, 2.75) is 45.1 Å². The second kappa shape index (κ2) is 6.75. The van der Waals surface area contributed by atoms with Crippen LogP contribution in [0.4, 0.5) is 0 Å². The predicted molar refractivity (Wildman–Crippen MR) is 65.1 cm³/mol. The monoisotopic (exact) mass is 225 g/mol. The first kappa shape index (κ1) is 12.4. The van der Waals surface area contributed by atoms with E-state index in [1.54, 1.807) is 11.3 Å². The Kier molecular flexibility index (Phi) is 5.58. The van der Waals surface area contributed by atoms with Gasteiger partial charge in [0.05, 0.1) is 0 Å². The van der Waals surface area contributed by atoms with Gasteiger partial charge in [-0.1, -0.05) is 13.3 Å². The smallest absolute Gasteiger partial charge is 0.134 e. The molecule has 1 aromatic rings. The first-order valence-electron chi connectivity index (χ1n) is 5.50. The van der Waals surface area contributed by atoms with Gasteiger partial charge in [-0.05, 0) is 35.2 Å². The minimum absolute atomic E-state index is 0.0602. The number of carbonyl (C=O) groups excluding carboxylic acids is 1. The third-order valence-electron chi connectivity index (χ3n) is 2.42. The van der Waals surface area contributed by atoms with E-state index in [1.165, 1.54) is 5.56 Å². The highest BCUT2D eigenvalue weighted by Gasteiger charge is 2.08. The Morgan fingerprint density at radius 2 is 2.40 bits per heavy atom. The van der Waals surface area contributed by atoms with Crippen molar-refractivity contribution in [3.8, 4) is 0 Å². The van der Waals surface area contributed by atoms with Crippen LogP contribution in [0.5, 0.6) is 0 Å². The summed E-state index contributed by atoms with van der Waals surface area (Å²) in [5.41, 5.74) is 7.08. The number of ketones is 1. The van der Waals surface area contributed by atoms with Crippen molar-refractivity contribution in [1.29, 1.82) is 0 Å². The van der Waals surface area contributed by atoms with Crippen molar-refractivity contribution in [3.63, 3.8) is 0 Å². The van der Waals surface area contributed by atoms with Crippen LogP contribution in [0.2, 0.25) is 0 Å². The summed E-state index contributed by atoms with van der Waals surface area (Å²) in [4.78, 5) is 11.5. The Morgan fingerprint density at radius 3 is 3.00 bits per heavy atom. The first-order chi connectivity index (χ1) is 7.22. The minimum Gasteiger partial charge on any atom is -0.327 e. The Bertz CT molecular complexity index is 282. The maximum atomic E-state index is 11.5. The molecule has 0 radical (unpaired) electrons. The van der Waals surface area contributed by atoms with Gasteiger partial charge in [0.25, 0.3) is 0 Å². The molecule has 0 aliphatic carbocycles. The Balaban J connectivity index is 2.19. The molecule has 2 N–H and O–H groups in total. The van der Waals surface area contributed by atoms with Crippen molar-refractivity contribution in [2.24, 2.45) is 5.73 Å². The fourth-order valence-corrected chi connectivity index (χ4v) is 2.29. The maximum absolute atomic E-state index is 11.5. The molecule has 2 nitrogen and oxygen atoms in total. The lowest BCUT2D eigenvalue weighted by atomic mass is 10.0. The third-order valence-corrected chi connectivity index (χ3v) is 3.15. The van der Waals surface area contributed by atoms with Gasteiger partial charge in [0.2, 0.25) is 0 Å². The van der Waals surface area contributed by atoms with Crippen LogP contribution in [-0.4, -0.2) is 11.8 Å². The summed E-state index contributed by atoms with van der Waals surface area (Å²) in [6.45, 7) is 2.09. The molecule has 84 valence electrons. The van der Waals surface area contributed by atoms with Gasteiger partial charge in [-0.2, -0.15) is 11.3 Å². The number of hydrogen-bond donors (Lipinski definition) is 1. The molecule has 1 heterocycles. The third kappa shape index (κ3) is 5.09. The van der Waals surface area contributed by atoms with Gasteiger partial charge in [-0.25, -0.2) is 0 Å². The standard InChI is InChI=1S/C12H19NOS/c1-2-3-11(13)8-12(14)5-4-10-6-7-15-9-10/h6-7,9,11H,2-5,8,13H2,1H3. The lowest BCUT2D eigenvalue weighted by Gasteiger charge is -2.08. The van der Waals surface area contributed by atoms with E-state index in [0.717, 1.165) is 19.3 Å². The summed E-state index contributed by atoms with van der Waals surface area (Å²) < 4.78 is 0. The van der Waals surface area contributed by atoms with E-state index in [1.807, 2.05) is 5.38 Å². The first-order valence-corrected chi connectivity index (χ1v) is 6.45. The van der Waals surface area contributed by atoms with Crippen LogP contribution in [0, 0.1) is 0 Å². The number of aryl methyl sites for hydroxylation is 1. The molecule has 0 aromatic carbocycles. The van der Waals surface area contributed by atoms with Gasteiger partial charge in [0.15, 0.2) is 0 Å². The average molecular weight is 225 g/mol. The van der Waals surface area contributed by atoms with Crippen LogP contribution >= 0.6 is 11.3 Å². The summed E-state index contributed by atoms with van der Waals surface area (Å²) in [6.07, 6.45) is 4.04. The van der Waals surface area contributed by atoms with Crippen LogP contribution in [-0.2, 0) is 11.2 Å². The van der Waals surface area contributed by atoms with Gasteiger partial charge in [-0.15, -0.1) is 0 Å². The molecule has 0 fully saturated rings. The second-order valence-corrected chi connectivity index (χ2v) is 4.70. The lowest BCUT2D eigenvalue weighted by molar-refractivity contribution is -0.119. The lowest BCUT2D eigenvalue weighted by Crippen LogP contribution is -2.23. The molecule has 1 rings (SSSR count). The molecular weight excluding hydrogens is 206 g/mol. The summed E-state index contributed by atoms with van der Waals surface area (Å²) in [5, 5.41) is 4.14. The van der Waals surface area contributed by atoms with Crippen molar-refractivity contribution < 1.29 is 4.79 Å². The van der Waals surface area contributed by atoms with E-state index in [2.05, 4.69) is 18.4 Å². The molecule has 3 heteroatoms. The van der Waals surface area contributed by atoms with Crippen LogP contribution < -0.4 is 5.73 Å². The van der Waals surface area contributed by atoms with Crippen LogP contribution in [0.15, 0.2) is 16.8 Å². The fraction of sp³-hybridized carbons (Fsp3) is 0.583. The molecule has 1 atom stereocenters. The highest BCUT2D eigenvalue weighted by molar-refractivity contribution is 7.07. The van der Waals surface area contributed by atoms with Gasteiger partial charge < -0.3 is 5.73 Å². The van der Waals surface area contributed by atoms with E-state index in [9.17, 15) is 4.79 Å². The van der Waals surface area contributed by atoms with Crippen molar-refractivity contribution in [1.82, 2.24) is 0 Å². The molecule has 0 saturated heterocycles. The molecule has 0 amide bonds. The van der Waals surface area contributed by atoms with Gasteiger partial charge in [0, 0.05) is 18.9 Å². The molecule has 0 aliphatic rings. The minimum atomic E-state index is 0.0602. The SMILES string of the molecule is CCCC(N)CC(=O)CCc1ccsc1. The maximum Gasteiger partial charge on any atom is 0.134 e. The number of hydrogen-bond acceptors (Lipinski definition) is 3. The molecule has 1 unspecified atom stereocenters. The number of rotatable bonds is 7. The zero-order valence-electron chi connectivity index (χ0n) is 9.24. The number of thiophene rings is 1. The van der Waals surface area contributed by atoms with Crippen molar-refractivity contribution in [2.75, 3.05) is 0 Å². The number of carbonyl (C=O) groups is 1. The molecule has 0 spiro atoms. The van der Waals surface area contributed by atoms with Gasteiger partial charge in [-0.3, -0.25) is 4.79 Å². The summed E-state index contributed by atoms with van der Waals surface area (Å²) in [6, 6.07) is 2.13. The van der Waals surface area contributed by atoms with Crippen LogP contribution in [0.3, 0.4) is 0 Å². The molecule has 0 aliphatic heterocycles. The summed E-state index contributed by atoms with van der Waals surface area (Å²) in [7, 11) is 0. The van der Waals surface area contributed by atoms with Gasteiger partial charge >= 0.3 is 0 Å². The quantitative estimate of drug-likeness (QED) is 0.775. The Morgan fingerprint density at radius 1 is 1.60 bits per heavy atom. The number of nitrogens with two attached hydrogens (primary N) is 1. The highest BCUT2D eigenvalue weighted by Crippen LogP contribution is 2.10. The Hall–Kier alpha value is -0.670. The molecule has 0 saturated carbocycles. The predicted octanol–water partition coefficient (Wildman–Crippen LogP) is 2.77. The normalized spacial score (nSPS) is 12.7. The van der Waals surface area contributed by atoms with E-state index in [0.29, 0.717) is 18.6 Å². The van der Waals surface area contributed by atoms with E-state index in [4.69, 9.17) is 5.73 Å².